The number of benzene rings is 2. The second-order valence-corrected chi connectivity index (χ2v) is 4.95. The molecule has 6 heteroatoms. The largest absolute Gasteiger partial charge is 0.454 e. The van der Waals surface area contributed by atoms with Gasteiger partial charge in [-0.3, -0.25) is 4.79 Å². The number of ether oxygens (including phenoxy) is 2. The lowest BCUT2D eigenvalue weighted by atomic mass is 10.1. The number of carbonyl (C=O) groups excluding carboxylic acids is 1. The molecule has 0 fully saturated rings. The van der Waals surface area contributed by atoms with Crippen molar-refractivity contribution >= 4 is 23.2 Å². The first kappa shape index (κ1) is 13.7. The Balaban J connectivity index is 1.81. The minimum atomic E-state index is -0.251. The maximum absolute atomic E-state index is 12.2. The highest BCUT2D eigenvalue weighted by atomic mass is 35.5. The molecule has 0 spiro atoms. The van der Waals surface area contributed by atoms with Crippen LogP contribution < -0.4 is 20.5 Å². The lowest BCUT2D eigenvalue weighted by Crippen LogP contribution is -2.12. The Morgan fingerprint density at radius 1 is 1.19 bits per heavy atom. The molecule has 0 unspecified atom stereocenters. The molecule has 1 amide bonds. The van der Waals surface area contributed by atoms with Crippen molar-refractivity contribution in [1.29, 1.82) is 0 Å². The molecule has 21 heavy (non-hydrogen) atoms. The molecule has 0 bridgehead atoms. The van der Waals surface area contributed by atoms with E-state index in [1.54, 1.807) is 24.3 Å². The summed E-state index contributed by atoms with van der Waals surface area (Å²) in [5.74, 6) is 0.887. The average molecular weight is 305 g/mol. The van der Waals surface area contributed by atoms with Gasteiger partial charge in [-0.15, -0.1) is 0 Å². The quantitative estimate of drug-likeness (QED) is 0.914. The van der Waals surface area contributed by atoms with Gasteiger partial charge in [0.25, 0.3) is 5.91 Å². The number of fused-ring (bicyclic) bond motifs is 1. The number of anilines is 1. The van der Waals surface area contributed by atoms with E-state index in [-0.39, 0.29) is 12.7 Å². The van der Waals surface area contributed by atoms with Crippen molar-refractivity contribution in [2.24, 2.45) is 5.73 Å². The average Bonchev–Trinajstić information content (AvgIpc) is 2.94. The molecular formula is C15H13ClN2O3. The fourth-order valence-corrected chi connectivity index (χ4v) is 2.20. The van der Waals surface area contributed by atoms with E-state index in [1.165, 1.54) is 0 Å². The second-order valence-electron chi connectivity index (χ2n) is 4.54. The van der Waals surface area contributed by atoms with Crippen molar-refractivity contribution in [2.45, 2.75) is 6.54 Å². The summed E-state index contributed by atoms with van der Waals surface area (Å²) in [4.78, 5) is 12.2. The summed E-state index contributed by atoms with van der Waals surface area (Å²) in [5.41, 5.74) is 7.50. The number of halogens is 1. The van der Waals surface area contributed by atoms with Crippen molar-refractivity contribution in [2.75, 3.05) is 12.1 Å². The molecule has 1 heterocycles. The number of nitrogens with two attached hydrogens (primary N) is 1. The van der Waals surface area contributed by atoms with Crippen LogP contribution in [-0.2, 0) is 6.54 Å². The maximum Gasteiger partial charge on any atom is 0.255 e. The summed E-state index contributed by atoms with van der Waals surface area (Å²) in [7, 11) is 0. The monoisotopic (exact) mass is 304 g/mol. The standard InChI is InChI=1S/C15H13ClN2O3/c16-11-5-13-14(21-8-20-13)6-12(11)18-15(19)10-3-1-9(7-17)2-4-10/h1-6H,7-8,17H2,(H,18,19). The van der Waals surface area contributed by atoms with Gasteiger partial charge >= 0.3 is 0 Å². The van der Waals surface area contributed by atoms with Gasteiger partial charge in [0.05, 0.1) is 10.7 Å². The second kappa shape index (κ2) is 5.63. The molecule has 1 aliphatic heterocycles. The van der Waals surface area contributed by atoms with E-state index in [2.05, 4.69) is 5.32 Å². The molecule has 108 valence electrons. The number of carbonyl (C=O) groups is 1. The number of hydrogen-bond acceptors (Lipinski definition) is 4. The zero-order valence-electron chi connectivity index (χ0n) is 11.1. The van der Waals surface area contributed by atoms with Crippen LogP contribution in [0.2, 0.25) is 5.02 Å². The third-order valence-corrected chi connectivity index (χ3v) is 3.47. The van der Waals surface area contributed by atoms with Gasteiger partial charge in [0.1, 0.15) is 0 Å². The molecule has 0 radical (unpaired) electrons. The Labute approximate surface area is 126 Å². The summed E-state index contributed by atoms with van der Waals surface area (Å²) in [6.07, 6.45) is 0. The first-order chi connectivity index (χ1) is 10.2. The fourth-order valence-electron chi connectivity index (χ4n) is 2.00. The summed E-state index contributed by atoms with van der Waals surface area (Å²) in [6.45, 7) is 0.597. The topological polar surface area (TPSA) is 73.6 Å². The van der Waals surface area contributed by atoms with Crippen molar-refractivity contribution in [1.82, 2.24) is 0 Å². The van der Waals surface area contributed by atoms with Gasteiger partial charge in [-0.05, 0) is 17.7 Å². The first-order valence-electron chi connectivity index (χ1n) is 6.37. The predicted molar refractivity (Wildman–Crippen MR) is 79.9 cm³/mol. The van der Waals surface area contributed by atoms with E-state index in [0.717, 1.165) is 5.56 Å². The number of hydrogen-bond donors (Lipinski definition) is 2. The Bertz CT molecular complexity index is 686. The van der Waals surface area contributed by atoms with Gasteiger partial charge < -0.3 is 20.5 Å². The molecular weight excluding hydrogens is 292 g/mol. The molecule has 0 aromatic heterocycles. The van der Waals surface area contributed by atoms with Crippen molar-refractivity contribution in [3.05, 3.63) is 52.5 Å². The highest BCUT2D eigenvalue weighted by Crippen LogP contribution is 2.39. The lowest BCUT2D eigenvalue weighted by Gasteiger charge is -2.09. The SMILES string of the molecule is NCc1ccc(C(=O)Nc2cc3c(cc2Cl)OCO3)cc1. The Hall–Kier alpha value is -2.24. The van der Waals surface area contributed by atoms with Gasteiger partial charge in [0.15, 0.2) is 11.5 Å². The summed E-state index contributed by atoms with van der Waals surface area (Å²) in [6, 6.07) is 10.3. The lowest BCUT2D eigenvalue weighted by molar-refractivity contribution is 0.102. The normalized spacial score (nSPS) is 12.3. The molecule has 0 atom stereocenters. The molecule has 1 aliphatic rings. The molecule has 0 aliphatic carbocycles. The summed E-state index contributed by atoms with van der Waals surface area (Å²) < 4.78 is 10.5. The number of amides is 1. The predicted octanol–water partition coefficient (Wildman–Crippen LogP) is 2.78. The third-order valence-electron chi connectivity index (χ3n) is 3.16. The van der Waals surface area contributed by atoms with Gasteiger partial charge in [-0.1, -0.05) is 23.7 Å². The van der Waals surface area contributed by atoms with Crippen molar-refractivity contribution < 1.29 is 14.3 Å². The van der Waals surface area contributed by atoms with Crippen LogP contribution in [0.1, 0.15) is 15.9 Å². The van der Waals surface area contributed by atoms with Crippen LogP contribution in [0.15, 0.2) is 36.4 Å². The summed E-state index contributed by atoms with van der Waals surface area (Å²) in [5, 5.41) is 3.15. The van der Waals surface area contributed by atoms with E-state index in [9.17, 15) is 4.79 Å². The Kier molecular flexibility index (Phi) is 3.68. The maximum atomic E-state index is 12.2. The molecule has 2 aromatic rings. The zero-order valence-corrected chi connectivity index (χ0v) is 11.8. The Morgan fingerprint density at radius 3 is 2.52 bits per heavy atom. The molecule has 2 aromatic carbocycles. The van der Waals surface area contributed by atoms with E-state index >= 15 is 0 Å². The van der Waals surface area contributed by atoms with E-state index < -0.39 is 0 Å². The van der Waals surface area contributed by atoms with Crippen LogP contribution in [0.4, 0.5) is 5.69 Å². The Morgan fingerprint density at radius 2 is 1.86 bits per heavy atom. The van der Waals surface area contributed by atoms with E-state index in [4.69, 9.17) is 26.8 Å². The van der Waals surface area contributed by atoms with Crippen LogP contribution in [0.5, 0.6) is 11.5 Å². The van der Waals surface area contributed by atoms with Crippen molar-refractivity contribution in [3.8, 4) is 11.5 Å². The van der Waals surface area contributed by atoms with Crippen LogP contribution >= 0.6 is 11.6 Å². The van der Waals surface area contributed by atoms with Gasteiger partial charge in [-0.25, -0.2) is 0 Å². The molecule has 5 nitrogen and oxygen atoms in total. The fraction of sp³-hybridized carbons (Fsp3) is 0.133. The minimum Gasteiger partial charge on any atom is -0.454 e. The number of rotatable bonds is 3. The van der Waals surface area contributed by atoms with Crippen LogP contribution in [0, 0.1) is 0 Å². The molecule has 0 saturated heterocycles. The van der Waals surface area contributed by atoms with Crippen molar-refractivity contribution in [3.63, 3.8) is 0 Å². The van der Waals surface area contributed by atoms with Crippen LogP contribution in [0.25, 0.3) is 0 Å². The highest BCUT2D eigenvalue weighted by Gasteiger charge is 2.18. The zero-order chi connectivity index (χ0) is 14.8. The van der Waals surface area contributed by atoms with Gasteiger partial charge in [0, 0.05) is 24.2 Å². The van der Waals surface area contributed by atoms with Gasteiger partial charge in [0.2, 0.25) is 6.79 Å². The minimum absolute atomic E-state index is 0.156. The highest BCUT2D eigenvalue weighted by molar-refractivity contribution is 6.34. The molecule has 3 N–H and O–H groups in total. The third kappa shape index (κ3) is 2.79. The van der Waals surface area contributed by atoms with Crippen LogP contribution in [0.3, 0.4) is 0 Å². The first-order valence-corrected chi connectivity index (χ1v) is 6.74. The molecule has 0 saturated carbocycles. The summed E-state index contributed by atoms with van der Waals surface area (Å²) >= 11 is 6.12. The van der Waals surface area contributed by atoms with Crippen LogP contribution in [-0.4, -0.2) is 12.7 Å². The smallest absolute Gasteiger partial charge is 0.255 e. The van der Waals surface area contributed by atoms with E-state index in [1.807, 2.05) is 12.1 Å². The number of nitrogens with one attached hydrogen (secondary N) is 1. The van der Waals surface area contributed by atoms with Gasteiger partial charge in [-0.2, -0.15) is 0 Å². The van der Waals surface area contributed by atoms with E-state index in [0.29, 0.717) is 34.3 Å². The molecule has 3 rings (SSSR count).